The van der Waals surface area contributed by atoms with Gasteiger partial charge in [0.2, 0.25) is 0 Å². The Hall–Kier alpha value is -2.86. The molecule has 114 valence electrons. The number of benzene rings is 2. The fourth-order valence-corrected chi connectivity index (χ4v) is 2.71. The van der Waals surface area contributed by atoms with Crippen molar-refractivity contribution in [2.75, 3.05) is 4.90 Å². The van der Waals surface area contributed by atoms with Crippen LogP contribution in [-0.4, -0.2) is 22.7 Å². The van der Waals surface area contributed by atoms with Gasteiger partial charge in [0.1, 0.15) is 0 Å². The zero-order valence-corrected chi connectivity index (χ0v) is 13.0. The van der Waals surface area contributed by atoms with E-state index in [9.17, 15) is 14.4 Å². The van der Waals surface area contributed by atoms with Gasteiger partial charge >= 0.3 is 5.91 Å². The fraction of sp³-hybridized carbons (Fsp3) is 0.0588. The van der Waals surface area contributed by atoms with E-state index in [-0.39, 0.29) is 10.7 Å². The van der Waals surface area contributed by atoms with Crippen LogP contribution in [0.5, 0.6) is 0 Å². The third-order valence-corrected chi connectivity index (χ3v) is 3.88. The first kappa shape index (κ1) is 15.1. The van der Waals surface area contributed by atoms with Crippen LogP contribution in [0.1, 0.15) is 26.3 Å². The summed E-state index contributed by atoms with van der Waals surface area (Å²) in [5.74, 6) is -1.81. The van der Waals surface area contributed by atoms with Crippen molar-refractivity contribution in [2.24, 2.45) is 0 Å². The van der Waals surface area contributed by atoms with Crippen LogP contribution >= 0.6 is 12.2 Å². The van der Waals surface area contributed by atoms with Crippen molar-refractivity contribution < 1.29 is 14.4 Å². The first-order valence-electron chi connectivity index (χ1n) is 6.89. The molecule has 2 aromatic carbocycles. The predicted molar refractivity (Wildman–Crippen MR) is 89.5 cm³/mol. The second-order valence-electron chi connectivity index (χ2n) is 5.06. The van der Waals surface area contributed by atoms with Crippen LogP contribution in [0.15, 0.2) is 48.5 Å². The molecule has 0 saturated carbocycles. The highest BCUT2D eigenvalue weighted by atomic mass is 32.1. The molecular weight excluding hydrogens is 312 g/mol. The number of nitrogens with zero attached hydrogens (tertiary/aromatic N) is 1. The van der Waals surface area contributed by atoms with E-state index in [0.29, 0.717) is 11.3 Å². The fourth-order valence-electron chi connectivity index (χ4n) is 2.44. The van der Waals surface area contributed by atoms with E-state index in [2.05, 4.69) is 5.32 Å². The number of hydrogen-bond donors (Lipinski definition) is 1. The van der Waals surface area contributed by atoms with Gasteiger partial charge in [-0.05, 0) is 42.9 Å². The molecule has 1 N–H and O–H groups in total. The highest BCUT2D eigenvalue weighted by molar-refractivity contribution is 7.80. The van der Waals surface area contributed by atoms with E-state index in [1.54, 1.807) is 49.4 Å². The summed E-state index contributed by atoms with van der Waals surface area (Å²) >= 11 is 5.16. The number of nitrogens with one attached hydrogen (secondary N) is 1. The molecule has 5 nitrogen and oxygen atoms in total. The summed E-state index contributed by atoms with van der Waals surface area (Å²) in [7, 11) is 0. The number of amides is 2. The molecule has 0 spiro atoms. The summed E-state index contributed by atoms with van der Waals surface area (Å²) in [6, 6.07) is 13.6. The van der Waals surface area contributed by atoms with Crippen LogP contribution in [0.3, 0.4) is 0 Å². The number of para-hydroxylation sites is 1. The van der Waals surface area contributed by atoms with Gasteiger partial charge in [-0.2, -0.15) is 0 Å². The van der Waals surface area contributed by atoms with Crippen LogP contribution in [-0.2, 0) is 4.79 Å². The molecule has 0 atom stereocenters. The maximum atomic E-state index is 12.3. The van der Waals surface area contributed by atoms with E-state index >= 15 is 0 Å². The Bertz CT molecular complexity index is 860. The Morgan fingerprint density at radius 1 is 1.04 bits per heavy atom. The maximum Gasteiger partial charge on any atom is 0.305 e. The van der Waals surface area contributed by atoms with Crippen molar-refractivity contribution in [1.29, 1.82) is 0 Å². The molecular formula is C17H12N2O3S. The van der Waals surface area contributed by atoms with Gasteiger partial charge in [-0.1, -0.05) is 30.3 Å². The normalized spacial score (nSPS) is 13.0. The smallest absolute Gasteiger partial charge is 0.298 e. The quantitative estimate of drug-likeness (QED) is 0.645. The zero-order valence-electron chi connectivity index (χ0n) is 12.2. The zero-order chi connectivity index (χ0) is 16.6. The molecule has 0 aromatic heterocycles. The number of rotatable bonds is 1. The van der Waals surface area contributed by atoms with Gasteiger partial charge in [0.05, 0.1) is 11.3 Å². The lowest BCUT2D eigenvalue weighted by Gasteiger charge is -2.18. The van der Waals surface area contributed by atoms with E-state index in [4.69, 9.17) is 12.2 Å². The molecule has 0 saturated heterocycles. The van der Waals surface area contributed by atoms with Crippen molar-refractivity contribution >= 4 is 40.6 Å². The molecule has 23 heavy (non-hydrogen) atoms. The van der Waals surface area contributed by atoms with Crippen molar-refractivity contribution in [2.45, 2.75) is 6.92 Å². The largest absolute Gasteiger partial charge is 0.305 e. The number of hydrogen-bond acceptors (Lipinski definition) is 4. The Balaban J connectivity index is 1.87. The minimum atomic E-state index is -0.763. The van der Waals surface area contributed by atoms with Crippen molar-refractivity contribution in [1.82, 2.24) is 5.32 Å². The second kappa shape index (κ2) is 5.73. The summed E-state index contributed by atoms with van der Waals surface area (Å²) in [6.45, 7) is 1.80. The van der Waals surface area contributed by atoms with Crippen LogP contribution in [0.2, 0.25) is 0 Å². The summed E-state index contributed by atoms with van der Waals surface area (Å²) in [6.07, 6.45) is 0. The number of anilines is 1. The topological polar surface area (TPSA) is 66.5 Å². The standard InChI is InChI=1S/C17H12N2O3S/c1-10-6-2-3-7-11(10)15(21)18-17(23)19-13-9-5-4-8-12(13)14(20)16(19)22/h2-9H,1H3,(H,18,21,23). The lowest BCUT2D eigenvalue weighted by Crippen LogP contribution is -2.45. The monoisotopic (exact) mass is 324 g/mol. The Morgan fingerprint density at radius 2 is 1.70 bits per heavy atom. The second-order valence-corrected chi connectivity index (χ2v) is 5.45. The van der Waals surface area contributed by atoms with Gasteiger partial charge in [0, 0.05) is 5.56 Å². The van der Waals surface area contributed by atoms with E-state index in [1.165, 1.54) is 0 Å². The molecule has 3 rings (SSSR count). The number of Topliss-reactive ketones (excluding diaryl/α,β-unsaturated/α-hetero) is 1. The first-order valence-corrected chi connectivity index (χ1v) is 7.30. The summed E-state index contributed by atoms with van der Waals surface area (Å²) in [4.78, 5) is 37.5. The molecule has 2 aromatic rings. The minimum Gasteiger partial charge on any atom is -0.298 e. The van der Waals surface area contributed by atoms with E-state index in [0.717, 1.165) is 10.5 Å². The van der Waals surface area contributed by atoms with Gasteiger partial charge in [-0.25, -0.2) is 4.90 Å². The number of fused-ring (bicyclic) bond motifs is 1. The summed E-state index contributed by atoms with van der Waals surface area (Å²) in [5, 5.41) is 2.41. The van der Waals surface area contributed by atoms with Crippen LogP contribution in [0, 0.1) is 6.92 Å². The predicted octanol–water partition coefficient (Wildman–Crippen LogP) is 2.24. The minimum absolute atomic E-state index is 0.110. The van der Waals surface area contributed by atoms with Gasteiger partial charge in [0.15, 0.2) is 5.11 Å². The molecule has 0 aliphatic carbocycles. The molecule has 6 heteroatoms. The van der Waals surface area contributed by atoms with Crippen molar-refractivity contribution in [3.63, 3.8) is 0 Å². The van der Waals surface area contributed by atoms with Gasteiger partial charge in [0.25, 0.3) is 11.7 Å². The van der Waals surface area contributed by atoms with Crippen LogP contribution in [0.4, 0.5) is 5.69 Å². The first-order chi connectivity index (χ1) is 11.0. The highest BCUT2D eigenvalue weighted by Crippen LogP contribution is 2.28. The van der Waals surface area contributed by atoms with E-state index < -0.39 is 17.6 Å². The Morgan fingerprint density at radius 3 is 2.43 bits per heavy atom. The maximum absolute atomic E-state index is 12.3. The molecule has 0 bridgehead atoms. The molecule has 2 amide bonds. The van der Waals surface area contributed by atoms with Gasteiger partial charge in [-0.15, -0.1) is 0 Å². The van der Waals surface area contributed by atoms with Gasteiger partial charge in [-0.3, -0.25) is 19.7 Å². The Labute approximate surface area is 137 Å². The SMILES string of the molecule is Cc1ccccc1C(=O)NC(=S)N1C(=O)C(=O)c2ccccc21. The number of thiocarbonyl (C=S) groups is 1. The molecule has 0 unspecified atom stereocenters. The molecule has 1 heterocycles. The van der Waals surface area contributed by atoms with Gasteiger partial charge < -0.3 is 0 Å². The van der Waals surface area contributed by atoms with Crippen molar-refractivity contribution in [3.8, 4) is 0 Å². The molecule has 1 aliphatic heterocycles. The number of carbonyl (C=O) groups excluding carboxylic acids is 3. The number of carbonyl (C=O) groups is 3. The molecule has 1 aliphatic rings. The van der Waals surface area contributed by atoms with Crippen LogP contribution < -0.4 is 10.2 Å². The van der Waals surface area contributed by atoms with Crippen LogP contribution in [0.25, 0.3) is 0 Å². The van der Waals surface area contributed by atoms with E-state index in [1.807, 2.05) is 6.07 Å². The molecule has 0 fully saturated rings. The number of ketones is 1. The third-order valence-electron chi connectivity index (χ3n) is 3.60. The lowest BCUT2D eigenvalue weighted by molar-refractivity contribution is -0.113. The lowest BCUT2D eigenvalue weighted by atomic mass is 10.1. The van der Waals surface area contributed by atoms with Crippen molar-refractivity contribution in [3.05, 3.63) is 65.2 Å². The molecule has 0 radical (unpaired) electrons. The summed E-state index contributed by atoms with van der Waals surface area (Å²) in [5.41, 5.74) is 1.92. The Kier molecular flexibility index (Phi) is 3.75. The third kappa shape index (κ3) is 2.53. The number of aryl methyl sites for hydroxylation is 1. The average molecular weight is 324 g/mol. The average Bonchev–Trinajstić information content (AvgIpc) is 2.79. The highest BCUT2D eigenvalue weighted by Gasteiger charge is 2.38. The summed E-state index contributed by atoms with van der Waals surface area (Å²) < 4.78 is 0.